The first kappa shape index (κ1) is 14.1. The van der Waals surface area contributed by atoms with Crippen LogP contribution in [0.15, 0.2) is 33.8 Å². The number of nitrogens with zero attached hydrogens (tertiary/aromatic N) is 2. The van der Waals surface area contributed by atoms with Crippen LogP contribution in [0.25, 0.3) is 0 Å². The van der Waals surface area contributed by atoms with Crippen molar-refractivity contribution in [1.82, 2.24) is 5.27 Å². The zero-order valence-electron chi connectivity index (χ0n) is 9.92. The molecule has 1 aromatic carbocycles. The van der Waals surface area contributed by atoms with E-state index in [1.54, 1.807) is 7.05 Å². The summed E-state index contributed by atoms with van der Waals surface area (Å²) in [5.74, 6) is -0.600. The molecule has 1 amide bonds. The number of aryl methyl sites for hydroxylation is 1. The van der Waals surface area contributed by atoms with Gasteiger partial charge in [-0.2, -0.15) is 0 Å². The van der Waals surface area contributed by atoms with Gasteiger partial charge in [-0.05, 0) is 58.6 Å². The number of carbonyl (C=O) groups is 1. The third-order valence-corrected chi connectivity index (χ3v) is 4.01. The lowest BCUT2D eigenvalue weighted by Crippen LogP contribution is -2.32. The van der Waals surface area contributed by atoms with Crippen molar-refractivity contribution in [2.45, 2.75) is 5.03 Å². The molecule has 0 bridgehead atoms. The SMILES string of the molecule is C[n+]1noc([O-])c1SCC(=O)Nc1ccc(I)cc1. The van der Waals surface area contributed by atoms with Gasteiger partial charge in [0.25, 0.3) is 5.03 Å². The average Bonchev–Trinajstić information content (AvgIpc) is 2.70. The van der Waals surface area contributed by atoms with Crippen LogP contribution in [0, 0.1) is 3.57 Å². The number of amides is 1. The van der Waals surface area contributed by atoms with Crippen molar-refractivity contribution in [3.05, 3.63) is 27.8 Å². The molecule has 0 saturated heterocycles. The summed E-state index contributed by atoms with van der Waals surface area (Å²) in [7, 11) is 1.59. The topological polar surface area (TPSA) is 82.1 Å². The number of aromatic nitrogens is 2. The number of hydrogen-bond acceptors (Lipinski definition) is 5. The van der Waals surface area contributed by atoms with Gasteiger partial charge in [0.1, 0.15) is 0 Å². The van der Waals surface area contributed by atoms with Crippen LogP contribution in [-0.2, 0) is 11.8 Å². The maximum absolute atomic E-state index is 11.7. The lowest BCUT2D eigenvalue weighted by Gasteiger charge is -2.03. The molecule has 1 N–H and O–H groups in total. The van der Waals surface area contributed by atoms with Crippen molar-refractivity contribution in [3.63, 3.8) is 0 Å². The summed E-state index contributed by atoms with van der Waals surface area (Å²) in [6, 6.07) is 7.45. The fourth-order valence-electron chi connectivity index (χ4n) is 1.32. The highest BCUT2D eigenvalue weighted by atomic mass is 127. The Labute approximate surface area is 127 Å². The van der Waals surface area contributed by atoms with Gasteiger partial charge in [0.05, 0.1) is 11.0 Å². The van der Waals surface area contributed by atoms with Crippen LogP contribution in [0.1, 0.15) is 0 Å². The molecule has 2 rings (SSSR count). The number of carbonyl (C=O) groups excluding carboxylic acids is 1. The van der Waals surface area contributed by atoms with Crippen LogP contribution < -0.4 is 15.1 Å². The Bertz CT molecular complexity index is 566. The zero-order valence-corrected chi connectivity index (χ0v) is 12.9. The molecule has 0 unspecified atom stereocenters. The maximum Gasteiger partial charge on any atom is 0.291 e. The molecule has 0 saturated carbocycles. The molecule has 0 fully saturated rings. The highest BCUT2D eigenvalue weighted by molar-refractivity contribution is 14.1. The minimum absolute atomic E-state index is 0.121. The van der Waals surface area contributed by atoms with Crippen molar-refractivity contribution in [2.75, 3.05) is 11.1 Å². The van der Waals surface area contributed by atoms with E-state index >= 15 is 0 Å². The number of nitrogens with one attached hydrogen (secondary N) is 1. The fraction of sp³-hybridized carbons (Fsp3) is 0.182. The molecule has 1 aromatic heterocycles. The second-order valence-electron chi connectivity index (χ2n) is 3.63. The molecule has 6 nitrogen and oxygen atoms in total. The minimum atomic E-state index is -0.533. The predicted molar refractivity (Wildman–Crippen MR) is 75.6 cm³/mol. The first-order valence-corrected chi connectivity index (χ1v) is 7.34. The summed E-state index contributed by atoms with van der Waals surface area (Å²) in [6.45, 7) is 0. The van der Waals surface area contributed by atoms with Crippen molar-refractivity contribution >= 4 is 45.9 Å². The van der Waals surface area contributed by atoms with E-state index in [2.05, 4.69) is 37.7 Å². The second-order valence-corrected chi connectivity index (χ2v) is 5.84. The van der Waals surface area contributed by atoms with Crippen LogP contribution in [0.2, 0.25) is 0 Å². The minimum Gasteiger partial charge on any atom is -0.538 e. The quantitative estimate of drug-likeness (QED) is 0.476. The summed E-state index contributed by atoms with van der Waals surface area (Å²) in [5, 5.41) is 17.8. The zero-order chi connectivity index (χ0) is 13.8. The molecule has 0 radical (unpaired) electrons. The molecule has 0 atom stereocenters. The third kappa shape index (κ3) is 3.83. The lowest BCUT2D eigenvalue weighted by atomic mass is 10.3. The van der Waals surface area contributed by atoms with Crippen LogP contribution in [0.4, 0.5) is 5.69 Å². The molecule has 100 valence electrons. The Morgan fingerprint density at radius 2 is 2.21 bits per heavy atom. The first-order valence-electron chi connectivity index (χ1n) is 5.27. The third-order valence-electron chi connectivity index (χ3n) is 2.18. The number of rotatable bonds is 4. The molecule has 1 heterocycles. The molecule has 8 heteroatoms. The lowest BCUT2D eigenvalue weighted by molar-refractivity contribution is -0.772. The van der Waals surface area contributed by atoms with Crippen LogP contribution in [0.5, 0.6) is 5.95 Å². The van der Waals surface area contributed by atoms with Gasteiger partial charge in [-0.15, -0.1) is 0 Å². The van der Waals surface area contributed by atoms with Crippen molar-refractivity contribution in [1.29, 1.82) is 0 Å². The summed E-state index contributed by atoms with van der Waals surface area (Å²) in [4.78, 5) is 11.7. The van der Waals surface area contributed by atoms with Crippen molar-refractivity contribution in [2.24, 2.45) is 7.05 Å². The van der Waals surface area contributed by atoms with E-state index in [0.29, 0.717) is 5.03 Å². The standard InChI is InChI=1S/C11H10IN3O3S/c1-15-10(11(17)18-14-15)19-6-9(16)13-8-4-2-7(12)3-5-8/h2-5H,6H2,1H3,(H-,13,14,16,17). The molecule has 2 aromatic rings. The summed E-state index contributed by atoms with van der Waals surface area (Å²) in [5.41, 5.74) is 0.725. The number of anilines is 1. The monoisotopic (exact) mass is 391 g/mol. The molecule has 0 aliphatic carbocycles. The summed E-state index contributed by atoms with van der Waals surface area (Å²) in [6.07, 6.45) is 0. The molecule has 19 heavy (non-hydrogen) atoms. The number of thioether (sulfide) groups is 1. The molecular weight excluding hydrogens is 381 g/mol. The van der Waals surface area contributed by atoms with E-state index in [1.165, 1.54) is 4.68 Å². The van der Waals surface area contributed by atoms with E-state index in [4.69, 9.17) is 0 Å². The molecule has 0 aliphatic heterocycles. The van der Waals surface area contributed by atoms with Gasteiger partial charge < -0.3 is 14.9 Å². The van der Waals surface area contributed by atoms with Crippen molar-refractivity contribution in [3.8, 4) is 5.95 Å². The first-order chi connectivity index (χ1) is 9.06. The van der Waals surface area contributed by atoms with Crippen molar-refractivity contribution < 1.29 is 19.1 Å². The van der Waals surface area contributed by atoms with E-state index in [1.807, 2.05) is 24.3 Å². The Hall–Kier alpha value is -1.29. The summed E-state index contributed by atoms with van der Waals surface area (Å²) < 4.78 is 6.87. The molecular formula is C11H10IN3O3S. The second kappa shape index (κ2) is 6.24. The van der Waals surface area contributed by atoms with E-state index in [0.717, 1.165) is 21.0 Å². The number of hydrogen-bond donors (Lipinski definition) is 1. The Kier molecular flexibility index (Phi) is 4.64. The Balaban J connectivity index is 1.90. The van der Waals surface area contributed by atoms with Gasteiger partial charge in [-0.3, -0.25) is 4.79 Å². The average molecular weight is 391 g/mol. The van der Waals surface area contributed by atoms with Crippen LogP contribution in [0.3, 0.4) is 0 Å². The predicted octanol–water partition coefficient (Wildman–Crippen LogP) is 0.908. The molecule has 0 spiro atoms. The van der Waals surface area contributed by atoms with E-state index in [-0.39, 0.29) is 11.7 Å². The van der Waals surface area contributed by atoms with E-state index in [9.17, 15) is 9.90 Å². The highest BCUT2D eigenvalue weighted by Gasteiger charge is 2.15. The largest absolute Gasteiger partial charge is 0.538 e. The number of halogens is 1. The fourth-order valence-corrected chi connectivity index (χ4v) is 2.40. The normalized spacial score (nSPS) is 10.4. The Morgan fingerprint density at radius 1 is 1.53 bits per heavy atom. The smallest absolute Gasteiger partial charge is 0.291 e. The number of benzene rings is 1. The summed E-state index contributed by atoms with van der Waals surface area (Å²) >= 11 is 3.28. The van der Waals surface area contributed by atoms with Gasteiger partial charge in [-0.25, -0.2) is 0 Å². The van der Waals surface area contributed by atoms with E-state index < -0.39 is 5.95 Å². The highest BCUT2D eigenvalue weighted by Crippen LogP contribution is 2.21. The van der Waals surface area contributed by atoms with Gasteiger partial charge in [-0.1, -0.05) is 4.68 Å². The van der Waals surface area contributed by atoms with Gasteiger partial charge in [0.15, 0.2) is 13.0 Å². The van der Waals surface area contributed by atoms with Gasteiger partial charge in [0, 0.05) is 9.26 Å². The van der Waals surface area contributed by atoms with Crippen LogP contribution in [-0.4, -0.2) is 16.9 Å². The Morgan fingerprint density at radius 3 is 2.79 bits per heavy atom. The van der Waals surface area contributed by atoms with Gasteiger partial charge >= 0.3 is 0 Å². The maximum atomic E-state index is 11.7. The van der Waals surface area contributed by atoms with Gasteiger partial charge in [0.2, 0.25) is 5.91 Å². The molecule has 0 aliphatic rings. The van der Waals surface area contributed by atoms with Crippen LogP contribution >= 0.6 is 34.4 Å².